The zero-order chi connectivity index (χ0) is 13.7. The first-order valence-corrected chi connectivity index (χ1v) is 6.76. The van der Waals surface area contributed by atoms with Gasteiger partial charge in [0.1, 0.15) is 5.82 Å². The Labute approximate surface area is 115 Å². The fourth-order valence-corrected chi connectivity index (χ4v) is 2.51. The molecule has 0 spiro atoms. The lowest BCUT2D eigenvalue weighted by Crippen LogP contribution is -2.19. The maximum atomic E-state index is 11.4. The van der Waals surface area contributed by atoms with Crippen LogP contribution in [0.5, 0.6) is 0 Å². The Kier molecular flexibility index (Phi) is 4.46. The Balaban J connectivity index is 2.00. The molecule has 100 valence electrons. The molecule has 5 nitrogen and oxygen atoms in total. The first-order chi connectivity index (χ1) is 9.19. The number of esters is 1. The molecule has 0 amide bonds. The molecule has 6 heteroatoms. The van der Waals surface area contributed by atoms with Gasteiger partial charge >= 0.3 is 5.97 Å². The van der Waals surface area contributed by atoms with Crippen LogP contribution in [0.2, 0.25) is 0 Å². The maximum Gasteiger partial charge on any atom is 0.358 e. The van der Waals surface area contributed by atoms with Crippen LogP contribution in [0, 0.1) is 0 Å². The second-order valence-electron chi connectivity index (χ2n) is 4.11. The molecule has 19 heavy (non-hydrogen) atoms. The van der Waals surface area contributed by atoms with E-state index in [9.17, 15) is 4.79 Å². The molecule has 0 aromatic carbocycles. The maximum absolute atomic E-state index is 11.4. The SMILES string of the molecule is COC(=O)c1cncc(NC(C)Cc2cccs2)n1. The molecule has 1 N–H and O–H groups in total. The first kappa shape index (κ1) is 13.5. The van der Waals surface area contributed by atoms with Crippen LogP contribution in [0.4, 0.5) is 5.82 Å². The van der Waals surface area contributed by atoms with E-state index in [2.05, 4.69) is 38.4 Å². The van der Waals surface area contributed by atoms with Crippen molar-refractivity contribution >= 4 is 23.1 Å². The molecular weight excluding hydrogens is 262 g/mol. The number of carbonyl (C=O) groups is 1. The van der Waals surface area contributed by atoms with Crippen molar-refractivity contribution in [1.82, 2.24) is 9.97 Å². The molecule has 0 bridgehead atoms. The van der Waals surface area contributed by atoms with Gasteiger partial charge in [0.25, 0.3) is 0 Å². The van der Waals surface area contributed by atoms with Gasteiger partial charge in [0.2, 0.25) is 0 Å². The van der Waals surface area contributed by atoms with Crippen LogP contribution in [-0.4, -0.2) is 29.1 Å². The summed E-state index contributed by atoms with van der Waals surface area (Å²) in [5.41, 5.74) is 0.204. The molecule has 1 unspecified atom stereocenters. The highest BCUT2D eigenvalue weighted by atomic mass is 32.1. The van der Waals surface area contributed by atoms with Crippen molar-refractivity contribution in [2.75, 3.05) is 12.4 Å². The average molecular weight is 277 g/mol. The number of nitrogens with zero attached hydrogens (tertiary/aromatic N) is 2. The number of aromatic nitrogens is 2. The Hall–Kier alpha value is -1.95. The Bertz CT molecular complexity index is 543. The van der Waals surface area contributed by atoms with Crippen LogP contribution in [0.15, 0.2) is 29.9 Å². The molecule has 0 aliphatic carbocycles. The molecule has 1 atom stereocenters. The summed E-state index contributed by atoms with van der Waals surface area (Å²) < 4.78 is 4.61. The van der Waals surface area contributed by atoms with E-state index in [4.69, 9.17) is 0 Å². The fourth-order valence-electron chi connectivity index (χ4n) is 1.67. The molecule has 2 aromatic rings. The largest absolute Gasteiger partial charge is 0.464 e. The highest BCUT2D eigenvalue weighted by Crippen LogP contribution is 2.13. The average Bonchev–Trinajstić information content (AvgIpc) is 2.90. The van der Waals surface area contributed by atoms with Gasteiger partial charge in [0.05, 0.1) is 19.5 Å². The number of thiophene rings is 1. The van der Waals surface area contributed by atoms with Gasteiger partial charge in [0, 0.05) is 17.3 Å². The van der Waals surface area contributed by atoms with Gasteiger partial charge in [-0.25, -0.2) is 9.78 Å². The van der Waals surface area contributed by atoms with E-state index in [1.165, 1.54) is 18.2 Å². The van der Waals surface area contributed by atoms with Gasteiger partial charge < -0.3 is 10.1 Å². The van der Waals surface area contributed by atoms with Crippen molar-refractivity contribution in [2.45, 2.75) is 19.4 Å². The second kappa shape index (κ2) is 6.29. The predicted molar refractivity (Wildman–Crippen MR) is 74.5 cm³/mol. The summed E-state index contributed by atoms with van der Waals surface area (Å²) >= 11 is 1.72. The topological polar surface area (TPSA) is 64.1 Å². The minimum Gasteiger partial charge on any atom is -0.464 e. The van der Waals surface area contributed by atoms with E-state index < -0.39 is 5.97 Å². The van der Waals surface area contributed by atoms with E-state index in [-0.39, 0.29) is 11.7 Å². The highest BCUT2D eigenvalue weighted by Gasteiger charge is 2.10. The van der Waals surface area contributed by atoms with Crippen molar-refractivity contribution in [1.29, 1.82) is 0 Å². The summed E-state index contributed by atoms with van der Waals surface area (Å²) in [5.74, 6) is 0.0917. The van der Waals surface area contributed by atoms with E-state index in [1.807, 2.05) is 6.07 Å². The predicted octanol–water partition coefficient (Wildman–Crippen LogP) is 2.37. The van der Waals surface area contributed by atoms with Crippen LogP contribution < -0.4 is 5.32 Å². The summed E-state index contributed by atoms with van der Waals surface area (Å²) in [6.07, 6.45) is 3.89. The lowest BCUT2D eigenvalue weighted by atomic mass is 10.2. The lowest BCUT2D eigenvalue weighted by molar-refractivity contribution is 0.0593. The molecule has 2 rings (SSSR count). The number of hydrogen-bond acceptors (Lipinski definition) is 6. The number of ether oxygens (including phenoxy) is 1. The number of rotatable bonds is 5. The van der Waals surface area contributed by atoms with Gasteiger partial charge in [-0.05, 0) is 18.4 Å². The van der Waals surface area contributed by atoms with Gasteiger partial charge in [-0.1, -0.05) is 6.07 Å². The molecule has 0 aliphatic heterocycles. The van der Waals surface area contributed by atoms with Gasteiger partial charge in [-0.3, -0.25) is 4.98 Å². The number of methoxy groups -OCH3 is 1. The Morgan fingerprint density at radius 1 is 1.53 bits per heavy atom. The number of nitrogens with one attached hydrogen (secondary N) is 1. The molecule has 0 saturated heterocycles. The number of hydrogen-bond donors (Lipinski definition) is 1. The number of carbonyl (C=O) groups excluding carboxylic acids is 1. The van der Waals surface area contributed by atoms with Crippen LogP contribution in [-0.2, 0) is 11.2 Å². The van der Waals surface area contributed by atoms with Gasteiger partial charge in [0.15, 0.2) is 5.69 Å². The van der Waals surface area contributed by atoms with Crippen molar-refractivity contribution < 1.29 is 9.53 Å². The van der Waals surface area contributed by atoms with Crippen molar-refractivity contribution in [3.63, 3.8) is 0 Å². The van der Waals surface area contributed by atoms with Crippen LogP contribution in [0.3, 0.4) is 0 Å². The van der Waals surface area contributed by atoms with E-state index in [1.54, 1.807) is 17.5 Å². The quantitative estimate of drug-likeness (QED) is 0.850. The zero-order valence-corrected chi connectivity index (χ0v) is 11.6. The second-order valence-corrected chi connectivity index (χ2v) is 5.14. The van der Waals surface area contributed by atoms with Gasteiger partial charge in [-0.15, -0.1) is 11.3 Å². The summed E-state index contributed by atoms with van der Waals surface area (Å²) in [6, 6.07) is 4.34. The zero-order valence-electron chi connectivity index (χ0n) is 10.8. The summed E-state index contributed by atoms with van der Waals surface area (Å²) in [4.78, 5) is 20.8. The molecule has 0 saturated carbocycles. The van der Waals surface area contributed by atoms with E-state index in [0.717, 1.165) is 6.42 Å². The summed E-state index contributed by atoms with van der Waals surface area (Å²) in [6.45, 7) is 2.06. The molecule has 0 fully saturated rings. The fraction of sp³-hybridized carbons (Fsp3) is 0.308. The summed E-state index contributed by atoms with van der Waals surface area (Å²) in [7, 11) is 1.32. The molecular formula is C13H15N3O2S. The smallest absolute Gasteiger partial charge is 0.358 e. The van der Waals surface area contributed by atoms with Crippen molar-refractivity contribution in [3.05, 3.63) is 40.5 Å². The summed E-state index contributed by atoms with van der Waals surface area (Å²) in [5, 5.41) is 5.28. The van der Waals surface area contributed by atoms with Gasteiger partial charge in [-0.2, -0.15) is 0 Å². The standard InChI is InChI=1S/C13H15N3O2S/c1-9(6-10-4-3-5-19-10)15-12-8-14-7-11(16-12)13(17)18-2/h3-5,7-9H,6H2,1-2H3,(H,15,16). The molecule has 0 radical (unpaired) electrons. The Morgan fingerprint density at radius 3 is 3.05 bits per heavy atom. The van der Waals surface area contributed by atoms with E-state index >= 15 is 0 Å². The molecule has 2 heterocycles. The minimum atomic E-state index is -0.484. The van der Waals surface area contributed by atoms with Crippen LogP contribution >= 0.6 is 11.3 Å². The Morgan fingerprint density at radius 2 is 2.37 bits per heavy atom. The minimum absolute atomic E-state index is 0.204. The molecule has 2 aromatic heterocycles. The third kappa shape index (κ3) is 3.75. The third-order valence-corrected chi connectivity index (χ3v) is 3.41. The first-order valence-electron chi connectivity index (χ1n) is 5.88. The van der Waals surface area contributed by atoms with E-state index in [0.29, 0.717) is 5.82 Å². The molecule has 0 aliphatic rings. The normalized spacial score (nSPS) is 11.9. The van der Waals surface area contributed by atoms with Crippen LogP contribution in [0.25, 0.3) is 0 Å². The van der Waals surface area contributed by atoms with Crippen molar-refractivity contribution in [2.24, 2.45) is 0 Å². The van der Waals surface area contributed by atoms with Crippen molar-refractivity contribution in [3.8, 4) is 0 Å². The lowest BCUT2D eigenvalue weighted by Gasteiger charge is -2.13. The number of anilines is 1. The monoisotopic (exact) mass is 277 g/mol. The van der Waals surface area contributed by atoms with Crippen LogP contribution in [0.1, 0.15) is 22.3 Å². The highest BCUT2D eigenvalue weighted by molar-refractivity contribution is 7.09. The third-order valence-electron chi connectivity index (χ3n) is 2.51.